The maximum atomic E-state index is 5.78. The van der Waals surface area contributed by atoms with E-state index in [1.807, 2.05) is 28.9 Å². The van der Waals surface area contributed by atoms with Gasteiger partial charge >= 0.3 is 0 Å². The Bertz CT molecular complexity index is 590. The highest BCUT2D eigenvalue weighted by Gasteiger charge is 2.16. The van der Waals surface area contributed by atoms with Crippen molar-refractivity contribution >= 4 is 0 Å². The molecule has 23 heavy (non-hydrogen) atoms. The number of nitrogens with zero attached hydrogens (tertiary/aromatic N) is 3. The van der Waals surface area contributed by atoms with Crippen LogP contribution in [0.15, 0.2) is 24.3 Å². The average molecular weight is 316 g/mol. The first-order chi connectivity index (χ1) is 11.2. The number of aromatic nitrogens is 3. The van der Waals surface area contributed by atoms with E-state index in [2.05, 4.69) is 31.1 Å². The predicted octanol–water partition coefficient (Wildman–Crippen LogP) is 3.81. The van der Waals surface area contributed by atoms with Gasteiger partial charge in [-0.3, -0.25) is 0 Å². The second-order valence-corrected chi connectivity index (χ2v) is 6.10. The average Bonchev–Trinajstić information content (AvgIpc) is 2.99. The summed E-state index contributed by atoms with van der Waals surface area (Å²) in [6, 6.07) is 8.01. The van der Waals surface area contributed by atoms with E-state index in [9.17, 15) is 0 Å². The number of rotatable bonds is 9. The molecular formula is C18H28N4O. The molecule has 0 bridgehead atoms. The lowest BCUT2D eigenvalue weighted by Crippen LogP contribution is -2.07. The van der Waals surface area contributed by atoms with Crippen molar-refractivity contribution in [3.05, 3.63) is 35.7 Å². The van der Waals surface area contributed by atoms with Gasteiger partial charge in [-0.2, -0.15) is 0 Å². The van der Waals surface area contributed by atoms with Gasteiger partial charge < -0.3 is 10.5 Å². The second kappa shape index (κ2) is 8.67. The number of nitrogens with two attached hydrogens (primary N) is 1. The van der Waals surface area contributed by atoms with Gasteiger partial charge in [-0.05, 0) is 36.6 Å². The van der Waals surface area contributed by atoms with Crippen LogP contribution in [-0.2, 0) is 6.54 Å². The quantitative estimate of drug-likeness (QED) is 0.714. The number of unbranched alkanes of at least 4 members (excludes halogenated alkanes) is 3. The normalized spacial score (nSPS) is 11.2. The van der Waals surface area contributed by atoms with Gasteiger partial charge in [0.25, 0.3) is 0 Å². The summed E-state index contributed by atoms with van der Waals surface area (Å²) in [5, 5.41) is 8.44. The van der Waals surface area contributed by atoms with Crippen molar-refractivity contribution in [1.82, 2.24) is 15.0 Å². The molecule has 0 amide bonds. The topological polar surface area (TPSA) is 66.0 Å². The third-order valence-electron chi connectivity index (χ3n) is 3.87. The summed E-state index contributed by atoms with van der Waals surface area (Å²) in [5.74, 6) is 1.22. The summed E-state index contributed by atoms with van der Waals surface area (Å²) in [7, 11) is 0. The molecule has 0 spiro atoms. The fourth-order valence-electron chi connectivity index (χ4n) is 2.64. The molecule has 0 aliphatic rings. The Balaban J connectivity index is 2.04. The van der Waals surface area contributed by atoms with Gasteiger partial charge in [0.2, 0.25) is 0 Å². The molecule has 2 aromatic rings. The van der Waals surface area contributed by atoms with Gasteiger partial charge in [-0.1, -0.05) is 45.2 Å². The third kappa shape index (κ3) is 4.55. The van der Waals surface area contributed by atoms with E-state index >= 15 is 0 Å². The lowest BCUT2D eigenvalue weighted by Gasteiger charge is -2.11. The van der Waals surface area contributed by atoms with Crippen molar-refractivity contribution in [2.45, 2.75) is 58.9 Å². The fraction of sp³-hybridized carbons (Fsp3) is 0.556. The van der Waals surface area contributed by atoms with Crippen LogP contribution in [0.2, 0.25) is 0 Å². The molecule has 0 atom stereocenters. The Morgan fingerprint density at radius 2 is 1.87 bits per heavy atom. The molecule has 0 saturated carbocycles. The monoisotopic (exact) mass is 316 g/mol. The molecule has 0 unspecified atom stereocenters. The van der Waals surface area contributed by atoms with Gasteiger partial charge in [-0.25, -0.2) is 4.68 Å². The maximum Gasteiger partial charge on any atom is 0.119 e. The molecule has 126 valence electrons. The molecule has 5 heteroatoms. The first-order valence-corrected chi connectivity index (χ1v) is 8.55. The third-order valence-corrected chi connectivity index (χ3v) is 3.87. The van der Waals surface area contributed by atoms with Crippen molar-refractivity contribution in [1.29, 1.82) is 0 Å². The summed E-state index contributed by atoms with van der Waals surface area (Å²) in [6.07, 6.45) is 4.86. The van der Waals surface area contributed by atoms with Crippen molar-refractivity contribution in [2.24, 2.45) is 5.73 Å². The Hall–Kier alpha value is -1.88. The largest absolute Gasteiger partial charge is 0.494 e. The summed E-state index contributed by atoms with van der Waals surface area (Å²) in [4.78, 5) is 0. The minimum atomic E-state index is 0.318. The molecule has 0 saturated heterocycles. The number of hydrogen-bond donors (Lipinski definition) is 1. The van der Waals surface area contributed by atoms with Crippen LogP contribution in [0.25, 0.3) is 5.69 Å². The van der Waals surface area contributed by atoms with E-state index in [4.69, 9.17) is 10.5 Å². The highest BCUT2D eigenvalue weighted by atomic mass is 16.5. The maximum absolute atomic E-state index is 5.78. The van der Waals surface area contributed by atoms with E-state index < -0.39 is 0 Å². The SMILES string of the molecule is CCCCCCOc1ccc(-n2nnc(CN)c2C(C)C)cc1. The summed E-state index contributed by atoms with van der Waals surface area (Å²) in [6.45, 7) is 7.65. The number of hydrogen-bond acceptors (Lipinski definition) is 4. The molecular weight excluding hydrogens is 288 g/mol. The van der Waals surface area contributed by atoms with Crippen LogP contribution < -0.4 is 10.5 Å². The predicted molar refractivity (Wildman–Crippen MR) is 93.0 cm³/mol. The van der Waals surface area contributed by atoms with E-state index in [1.54, 1.807) is 0 Å². The zero-order valence-corrected chi connectivity index (χ0v) is 14.5. The molecule has 2 rings (SSSR count). The van der Waals surface area contributed by atoms with Crippen LogP contribution in [0.1, 0.15) is 63.8 Å². The van der Waals surface area contributed by atoms with Gasteiger partial charge in [0.15, 0.2) is 0 Å². The highest BCUT2D eigenvalue weighted by Crippen LogP contribution is 2.22. The molecule has 2 N–H and O–H groups in total. The van der Waals surface area contributed by atoms with Crippen molar-refractivity contribution in [2.75, 3.05) is 6.61 Å². The summed E-state index contributed by atoms with van der Waals surface area (Å²) in [5.41, 5.74) is 8.67. The van der Waals surface area contributed by atoms with Crippen molar-refractivity contribution < 1.29 is 4.74 Å². The minimum absolute atomic E-state index is 0.318. The number of benzene rings is 1. The second-order valence-electron chi connectivity index (χ2n) is 6.10. The molecule has 5 nitrogen and oxygen atoms in total. The summed E-state index contributed by atoms with van der Waals surface area (Å²) < 4.78 is 7.66. The van der Waals surface area contributed by atoms with Crippen LogP contribution in [0.5, 0.6) is 5.75 Å². The Morgan fingerprint density at radius 3 is 2.48 bits per heavy atom. The molecule has 0 radical (unpaired) electrons. The van der Waals surface area contributed by atoms with Crippen LogP contribution in [0.3, 0.4) is 0 Å². The highest BCUT2D eigenvalue weighted by molar-refractivity contribution is 5.39. The minimum Gasteiger partial charge on any atom is -0.494 e. The molecule has 1 aromatic carbocycles. The zero-order chi connectivity index (χ0) is 16.7. The van der Waals surface area contributed by atoms with Gasteiger partial charge in [0.1, 0.15) is 11.4 Å². The number of ether oxygens (including phenoxy) is 1. The first kappa shape index (κ1) is 17.5. The van der Waals surface area contributed by atoms with E-state index in [1.165, 1.54) is 19.3 Å². The van der Waals surface area contributed by atoms with E-state index in [0.29, 0.717) is 12.5 Å². The van der Waals surface area contributed by atoms with Crippen LogP contribution in [0, 0.1) is 0 Å². The fourth-order valence-corrected chi connectivity index (χ4v) is 2.64. The molecule has 0 fully saturated rings. The molecule has 1 heterocycles. The van der Waals surface area contributed by atoms with Crippen molar-refractivity contribution in [3.8, 4) is 11.4 Å². The standard InChI is InChI=1S/C18H28N4O/c1-4-5-6-7-12-23-16-10-8-15(9-11-16)22-18(14(2)3)17(13-19)20-21-22/h8-11,14H,4-7,12-13,19H2,1-3H3. The molecule has 0 aliphatic heterocycles. The van der Waals surface area contributed by atoms with Crippen LogP contribution in [-0.4, -0.2) is 21.6 Å². The van der Waals surface area contributed by atoms with Gasteiger partial charge in [0, 0.05) is 6.54 Å². The van der Waals surface area contributed by atoms with E-state index in [0.717, 1.165) is 35.9 Å². The van der Waals surface area contributed by atoms with Crippen LogP contribution in [0.4, 0.5) is 0 Å². The molecule has 1 aromatic heterocycles. The summed E-state index contributed by atoms with van der Waals surface area (Å²) >= 11 is 0. The molecule has 0 aliphatic carbocycles. The first-order valence-electron chi connectivity index (χ1n) is 8.55. The Morgan fingerprint density at radius 1 is 1.13 bits per heavy atom. The zero-order valence-electron chi connectivity index (χ0n) is 14.5. The van der Waals surface area contributed by atoms with Crippen molar-refractivity contribution in [3.63, 3.8) is 0 Å². The van der Waals surface area contributed by atoms with E-state index in [-0.39, 0.29) is 0 Å². The van der Waals surface area contributed by atoms with Gasteiger partial charge in [0.05, 0.1) is 18.0 Å². The van der Waals surface area contributed by atoms with Crippen LogP contribution >= 0.6 is 0 Å². The lowest BCUT2D eigenvalue weighted by molar-refractivity contribution is 0.305. The Labute approximate surface area is 138 Å². The lowest BCUT2D eigenvalue weighted by atomic mass is 10.1. The smallest absolute Gasteiger partial charge is 0.119 e. The Kier molecular flexibility index (Phi) is 6.59. The van der Waals surface area contributed by atoms with Gasteiger partial charge in [-0.15, -0.1) is 5.10 Å².